The Morgan fingerprint density at radius 1 is 1.41 bits per heavy atom. The molecular formula is C12H22N2O3. The zero-order chi connectivity index (χ0) is 12.7. The summed E-state index contributed by atoms with van der Waals surface area (Å²) in [5.74, 6) is -0.0215. The lowest BCUT2D eigenvalue weighted by molar-refractivity contribution is -0.139. The molecule has 1 fully saturated rings. The molecule has 0 radical (unpaired) electrons. The van der Waals surface area contributed by atoms with Gasteiger partial charge in [0.25, 0.3) is 0 Å². The van der Waals surface area contributed by atoms with Gasteiger partial charge in [-0.3, -0.25) is 0 Å². The zero-order valence-electron chi connectivity index (χ0n) is 10.6. The van der Waals surface area contributed by atoms with Crippen LogP contribution in [0.25, 0.3) is 0 Å². The van der Waals surface area contributed by atoms with Gasteiger partial charge in [0, 0.05) is 6.54 Å². The third-order valence-corrected chi connectivity index (χ3v) is 3.23. The lowest BCUT2D eigenvalue weighted by Gasteiger charge is -2.13. The molecule has 17 heavy (non-hydrogen) atoms. The molecule has 5 heteroatoms. The van der Waals surface area contributed by atoms with Crippen molar-refractivity contribution in [2.45, 2.75) is 45.6 Å². The number of alkyl carbamates (subject to hydrolysis) is 1. The van der Waals surface area contributed by atoms with E-state index in [-0.39, 0.29) is 6.04 Å². The van der Waals surface area contributed by atoms with E-state index in [1.54, 1.807) is 0 Å². The summed E-state index contributed by atoms with van der Waals surface area (Å²) < 4.78 is 4.72. The molecule has 0 bridgehead atoms. The van der Waals surface area contributed by atoms with E-state index < -0.39 is 12.1 Å². The van der Waals surface area contributed by atoms with Gasteiger partial charge in [-0.1, -0.05) is 26.7 Å². The SMILES string of the molecule is CCC(CC)CNC(=O)OC(=O)[C@@H]1CCCN1. The van der Waals surface area contributed by atoms with Crippen LogP contribution in [0.1, 0.15) is 39.5 Å². The molecular weight excluding hydrogens is 220 g/mol. The number of amides is 1. The minimum Gasteiger partial charge on any atom is -0.375 e. The molecule has 1 heterocycles. The van der Waals surface area contributed by atoms with Crippen molar-refractivity contribution in [3.8, 4) is 0 Å². The number of carbonyl (C=O) groups is 2. The molecule has 1 saturated heterocycles. The van der Waals surface area contributed by atoms with E-state index >= 15 is 0 Å². The Morgan fingerprint density at radius 3 is 2.65 bits per heavy atom. The number of nitrogens with one attached hydrogen (secondary N) is 2. The van der Waals surface area contributed by atoms with Gasteiger partial charge in [-0.05, 0) is 25.3 Å². The lowest BCUT2D eigenvalue weighted by Crippen LogP contribution is -2.38. The van der Waals surface area contributed by atoms with Crippen molar-refractivity contribution in [3.63, 3.8) is 0 Å². The first-order valence-electron chi connectivity index (χ1n) is 6.40. The van der Waals surface area contributed by atoms with Crippen LogP contribution in [0.5, 0.6) is 0 Å². The first-order chi connectivity index (χ1) is 8.17. The Hall–Kier alpha value is -1.10. The number of carbonyl (C=O) groups excluding carboxylic acids is 2. The van der Waals surface area contributed by atoms with Crippen LogP contribution in [-0.4, -0.2) is 31.2 Å². The zero-order valence-corrected chi connectivity index (χ0v) is 10.6. The second-order valence-electron chi connectivity index (χ2n) is 4.42. The highest BCUT2D eigenvalue weighted by Gasteiger charge is 2.25. The maximum Gasteiger partial charge on any atom is 0.414 e. The molecule has 1 aliphatic rings. The minimum absolute atomic E-state index is 0.311. The molecule has 1 aliphatic heterocycles. The molecule has 0 aromatic carbocycles. The molecule has 0 aromatic rings. The lowest BCUT2D eigenvalue weighted by atomic mass is 10.0. The summed E-state index contributed by atoms with van der Waals surface area (Å²) in [6.45, 7) is 5.54. The molecule has 0 unspecified atom stereocenters. The van der Waals surface area contributed by atoms with Gasteiger partial charge in [0.05, 0.1) is 0 Å². The number of hydrogen-bond donors (Lipinski definition) is 2. The Bertz CT molecular complexity index is 258. The third-order valence-electron chi connectivity index (χ3n) is 3.23. The Kier molecular flexibility index (Phi) is 5.97. The van der Waals surface area contributed by atoms with Crippen LogP contribution in [-0.2, 0) is 9.53 Å². The quantitative estimate of drug-likeness (QED) is 0.565. The van der Waals surface area contributed by atoms with Crippen LogP contribution < -0.4 is 10.6 Å². The van der Waals surface area contributed by atoms with E-state index in [1.807, 2.05) is 0 Å². The second kappa shape index (κ2) is 7.27. The van der Waals surface area contributed by atoms with Gasteiger partial charge in [0.15, 0.2) is 0 Å². The average molecular weight is 242 g/mol. The fourth-order valence-electron chi connectivity index (χ4n) is 1.89. The molecule has 5 nitrogen and oxygen atoms in total. The normalized spacial score (nSPS) is 19.4. The fourth-order valence-corrected chi connectivity index (χ4v) is 1.89. The Balaban J connectivity index is 2.21. The van der Waals surface area contributed by atoms with Crippen molar-refractivity contribution in [1.82, 2.24) is 10.6 Å². The summed E-state index contributed by atoms with van der Waals surface area (Å²) in [5.41, 5.74) is 0. The van der Waals surface area contributed by atoms with E-state index in [2.05, 4.69) is 24.5 Å². The molecule has 0 spiro atoms. The maximum absolute atomic E-state index is 11.5. The monoisotopic (exact) mass is 242 g/mol. The first-order valence-corrected chi connectivity index (χ1v) is 6.40. The number of rotatable bonds is 5. The fraction of sp³-hybridized carbons (Fsp3) is 0.833. The van der Waals surface area contributed by atoms with Crippen LogP contribution in [0.4, 0.5) is 4.79 Å². The first kappa shape index (κ1) is 14.0. The van der Waals surface area contributed by atoms with Crippen molar-refractivity contribution in [3.05, 3.63) is 0 Å². The van der Waals surface area contributed by atoms with Gasteiger partial charge < -0.3 is 15.4 Å². The molecule has 1 amide bonds. The number of ether oxygens (including phenoxy) is 1. The van der Waals surface area contributed by atoms with Gasteiger partial charge in [-0.15, -0.1) is 0 Å². The average Bonchev–Trinajstić information content (AvgIpc) is 2.83. The predicted molar refractivity (Wildman–Crippen MR) is 64.6 cm³/mol. The van der Waals surface area contributed by atoms with E-state index in [0.717, 1.165) is 32.2 Å². The summed E-state index contributed by atoms with van der Waals surface area (Å²) in [5, 5.41) is 5.62. The van der Waals surface area contributed by atoms with E-state index in [1.165, 1.54) is 0 Å². The molecule has 0 aliphatic carbocycles. The van der Waals surface area contributed by atoms with Crippen molar-refractivity contribution in [2.24, 2.45) is 5.92 Å². The van der Waals surface area contributed by atoms with E-state index in [9.17, 15) is 9.59 Å². The van der Waals surface area contributed by atoms with Gasteiger partial charge in [0.2, 0.25) is 0 Å². The summed E-state index contributed by atoms with van der Waals surface area (Å²) >= 11 is 0. The highest BCUT2D eigenvalue weighted by molar-refractivity contribution is 5.87. The van der Waals surface area contributed by atoms with E-state index in [0.29, 0.717) is 12.5 Å². The molecule has 0 aromatic heterocycles. The molecule has 98 valence electrons. The maximum atomic E-state index is 11.5. The largest absolute Gasteiger partial charge is 0.414 e. The van der Waals surface area contributed by atoms with Gasteiger partial charge in [-0.2, -0.15) is 0 Å². The van der Waals surface area contributed by atoms with Crippen LogP contribution in [0.3, 0.4) is 0 Å². The van der Waals surface area contributed by atoms with Gasteiger partial charge in [-0.25, -0.2) is 9.59 Å². The standard InChI is InChI=1S/C12H22N2O3/c1-3-9(4-2)8-14-12(16)17-11(15)10-6-5-7-13-10/h9-10,13H,3-8H2,1-2H3,(H,14,16)/t10-/m0/s1. The van der Waals surface area contributed by atoms with Gasteiger partial charge in [0.1, 0.15) is 6.04 Å². The highest BCUT2D eigenvalue weighted by Crippen LogP contribution is 2.07. The molecule has 0 saturated carbocycles. The van der Waals surface area contributed by atoms with E-state index in [4.69, 9.17) is 4.74 Å². The van der Waals surface area contributed by atoms with Crippen LogP contribution in [0.2, 0.25) is 0 Å². The van der Waals surface area contributed by atoms with Crippen molar-refractivity contribution in [2.75, 3.05) is 13.1 Å². The number of esters is 1. The summed E-state index contributed by atoms with van der Waals surface area (Å²) in [6.07, 6.45) is 3.09. The smallest absolute Gasteiger partial charge is 0.375 e. The third kappa shape index (κ3) is 4.73. The molecule has 1 rings (SSSR count). The van der Waals surface area contributed by atoms with Crippen LogP contribution in [0.15, 0.2) is 0 Å². The molecule has 1 atom stereocenters. The summed E-state index contributed by atoms with van der Waals surface area (Å²) in [4.78, 5) is 22.9. The minimum atomic E-state index is -0.629. The topological polar surface area (TPSA) is 67.4 Å². The van der Waals surface area contributed by atoms with Crippen LogP contribution >= 0.6 is 0 Å². The van der Waals surface area contributed by atoms with Crippen molar-refractivity contribution < 1.29 is 14.3 Å². The van der Waals surface area contributed by atoms with Crippen molar-refractivity contribution >= 4 is 12.1 Å². The van der Waals surface area contributed by atoms with Crippen LogP contribution in [0, 0.1) is 5.92 Å². The highest BCUT2D eigenvalue weighted by atomic mass is 16.6. The Morgan fingerprint density at radius 2 is 2.12 bits per heavy atom. The molecule has 2 N–H and O–H groups in total. The summed E-state index contributed by atoms with van der Waals surface area (Å²) in [7, 11) is 0. The number of hydrogen-bond acceptors (Lipinski definition) is 4. The summed E-state index contributed by atoms with van der Waals surface area (Å²) in [6, 6.07) is -0.311. The predicted octanol–water partition coefficient (Wildman–Crippen LogP) is 1.43. The van der Waals surface area contributed by atoms with Gasteiger partial charge >= 0.3 is 12.1 Å². The van der Waals surface area contributed by atoms with Crippen molar-refractivity contribution in [1.29, 1.82) is 0 Å². The second-order valence-corrected chi connectivity index (χ2v) is 4.42. The Labute approximate surface area is 102 Å².